The fraction of sp³-hybridized carbons (Fsp3) is 1.00. The molecule has 0 aromatic rings. The molecular weight excluding hydrogens is 216 g/mol. The van der Waals surface area contributed by atoms with Crippen LogP contribution in [0.25, 0.3) is 0 Å². The highest BCUT2D eigenvalue weighted by atomic mass is 19.3. The van der Waals surface area contributed by atoms with Gasteiger partial charge in [0, 0.05) is 18.6 Å². The van der Waals surface area contributed by atoms with Gasteiger partial charge in [0.2, 0.25) is 0 Å². The summed E-state index contributed by atoms with van der Waals surface area (Å²) in [5.74, 6) is 0. The standard InChI is InChI=1S/C11H19F2NO2/c1-8(2)15-7-11-3-4-14(11)6-9(5-11)16-10(12)13/h8-10H,3-7H2,1-2H3/t9-,11-/m1/s1. The highest BCUT2D eigenvalue weighted by Gasteiger charge is 2.52. The average molecular weight is 235 g/mol. The van der Waals surface area contributed by atoms with E-state index in [9.17, 15) is 8.78 Å². The predicted octanol–water partition coefficient (Wildman–Crippen LogP) is 1.87. The van der Waals surface area contributed by atoms with E-state index in [1.165, 1.54) is 0 Å². The number of hydrogen-bond acceptors (Lipinski definition) is 3. The minimum Gasteiger partial charge on any atom is -0.377 e. The largest absolute Gasteiger partial charge is 0.377 e. The second-order valence-electron chi connectivity index (χ2n) is 5.00. The molecule has 5 heteroatoms. The van der Waals surface area contributed by atoms with Gasteiger partial charge in [-0.1, -0.05) is 0 Å². The van der Waals surface area contributed by atoms with E-state index >= 15 is 0 Å². The van der Waals surface area contributed by atoms with Gasteiger partial charge in [-0.25, -0.2) is 0 Å². The summed E-state index contributed by atoms with van der Waals surface area (Å²) >= 11 is 0. The van der Waals surface area contributed by atoms with Gasteiger partial charge in [0.1, 0.15) is 0 Å². The van der Waals surface area contributed by atoms with Crippen LogP contribution in [0.15, 0.2) is 0 Å². The van der Waals surface area contributed by atoms with E-state index in [-0.39, 0.29) is 17.7 Å². The van der Waals surface area contributed by atoms with Crippen molar-refractivity contribution in [2.75, 3.05) is 19.7 Å². The Kier molecular flexibility index (Phi) is 3.47. The Hall–Kier alpha value is -0.260. The SMILES string of the molecule is CC(C)OC[C@]12CCN1C[C@H](OC(F)F)C2. The van der Waals surface area contributed by atoms with Crippen LogP contribution in [0.5, 0.6) is 0 Å². The highest BCUT2D eigenvalue weighted by Crippen LogP contribution is 2.42. The van der Waals surface area contributed by atoms with Crippen LogP contribution in [0.3, 0.4) is 0 Å². The van der Waals surface area contributed by atoms with E-state index in [0.717, 1.165) is 13.0 Å². The van der Waals surface area contributed by atoms with Crippen molar-refractivity contribution >= 4 is 0 Å². The van der Waals surface area contributed by atoms with Crippen molar-refractivity contribution in [2.45, 2.75) is 51.0 Å². The van der Waals surface area contributed by atoms with E-state index < -0.39 is 6.61 Å². The number of hydrogen-bond donors (Lipinski definition) is 0. The molecule has 2 fully saturated rings. The third-order valence-corrected chi connectivity index (χ3v) is 3.53. The Bertz CT molecular complexity index is 250. The van der Waals surface area contributed by atoms with Gasteiger partial charge in [0.15, 0.2) is 0 Å². The smallest absolute Gasteiger partial charge is 0.345 e. The number of rotatable bonds is 5. The van der Waals surface area contributed by atoms with E-state index in [0.29, 0.717) is 19.6 Å². The first-order valence-electron chi connectivity index (χ1n) is 5.82. The summed E-state index contributed by atoms with van der Waals surface area (Å²) in [4.78, 5) is 2.21. The van der Waals surface area contributed by atoms with Gasteiger partial charge in [-0.2, -0.15) is 8.78 Å². The molecule has 16 heavy (non-hydrogen) atoms. The summed E-state index contributed by atoms with van der Waals surface area (Å²) in [6.45, 7) is 3.54. The van der Waals surface area contributed by atoms with Crippen molar-refractivity contribution in [3.63, 3.8) is 0 Å². The summed E-state index contributed by atoms with van der Waals surface area (Å²) in [5, 5.41) is 0. The molecule has 0 aliphatic carbocycles. The van der Waals surface area contributed by atoms with Gasteiger partial charge in [-0.3, -0.25) is 4.90 Å². The molecule has 0 aromatic heterocycles. The molecule has 2 aliphatic heterocycles. The molecule has 0 aromatic carbocycles. The van der Waals surface area contributed by atoms with Gasteiger partial charge in [-0.05, 0) is 26.7 Å². The van der Waals surface area contributed by atoms with Gasteiger partial charge in [0.25, 0.3) is 0 Å². The number of ether oxygens (including phenoxy) is 2. The second kappa shape index (κ2) is 4.55. The first kappa shape index (κ1) is 12.2. The molecule has 2 saturated heterocycles. The highest BCUT2D eigenvalue weighted by molar-refractivity contribution is 5.07. The van der Waals surface area contributed by atoms with Crippen molar-refractivity contribution in [1.82, 2.24) is 4.90 Å². The van der Waals surface area contributed by atoms with Crippen molar-refractivity contribution in [3.05, 3.63) is 0 Å². The number of alkyl halides is 2. The topological polar surface area (TPSA) is 21.7 Å². The van der Waals surface area contributed by atoms with Gasteiger partial charge in [-0.15, -0.1) is 0 Å². The third-order valence-electron chi connectivity index (χ3n) is 3.53. The number of halogens is 2. The molecule has 3 nitrogen and oxygen atoms in total. The Morgan fingerprint density at radius 2 is 2.19 bits per heavy atom. The maximum atomic E-state index is 12.1. The number of fused-ring (bicyclic) bond motifs is 1. The summed E-state index contributed by atoms with van der Waals surface area (Å²) in [6, 6.07) is 0. The molecule has 0 unspecified atom stereocenters. The molecule has 2 atom stereocenters. The molecule has 0 spiro atoms. The Morgan fingerprint density at radius 3 is 2.69 bits per heavy atom. The van der Waals surface area contributed by atoms with Crippen molar-refractivity contribution < 1.29 is 18.3 Å². The Balaban J connectivity index is 1.86. The first-order chi connectivity index (χ1) is 7.52. The van der Waals surface area contributed by atoms with E-state index in [1.54, 1.807) is 0 Å². The van der Waals surface area contributed by atoms with Crippen molar-refractivity contribution in [3.8, 4) is 0 Å². The lowest BCUT2D eigenvalue weighted by Gasteiger charge is -2.48. The van der Waals surface area contributed by atoms with Gasteiger partial charge < -0.3 is 9.47 Å². The van der Waals surface area contributed by atoms with Crippen LogP contribution in [-0.2, 0) is 9.47 Å². The van der Waals surface area contributed by atoms with E-state index in [4.69, 9.17) is 4.74 Å². The fourth-order valence-corrected chi connectivity index (χ4v) is 2.62. The molecule has 0 radical (unpaired) electrons. The zero-order chi connectivity index (χ0) is 11.8. The number of nitrogens with zero attached hydrogens (tertiary/aromatic N) is 1. The monoisotopic (exact) mass is 235 g/mol. The minimum atomic E-state index is -2.66. The van der Waals surface area contributed by atoms with Crippen molar-refractivity contribution in [1.29, 1.82) is 0 Å². The van der Waals surface area contributed by atoms with E-state index in [1.807, 2.05) is 13.8 Å². The van der Waals surface area contributed by atoms with Crippen LogP contribution in [0, 0.1) is 0 Å². The zero-order valence-corrected chi connectivity index (χ0v) is 9.79. The molecule has 2 aliphatic rings. The van der Waals surface area contributed by atoms with Crippen molar-refractivity contribution in [2.24, 2.45) is 0 Å². The molecule has 0 bridgehead atoms. The lowest BCUT2D eigenvalue weighted by atomic mass is 9.85. The third kappa shape index (κ3) is 2.36. The second-order valence-corrected chi connectivity index (χ2v) is 5.00. The summed E-state index contributed by atoms with van der Waals surface area (Å²) in [6.07, 6.45) is 1.55. The lowest BCUT2D eigenvalue weighted by Crippen LogP contribution is -2.58. The zero-order valence-electron chi connectivity index (χ0n) is 9.79. The Labute approximate surface area is 94.7 Å². The molecule has 0 amide bonds. The molecule has 94 valence electrons. The lowest BCUT2D eigenvalue weighted by molar-refractivity contribution is -0.158. The average Bonchev–Trinajstić information content (AvgIpc) is 2.38. The molecule has 2 heterocycles. The van der Waals surface area contributed by atoms with E-state index in [2.05, 4.69) is 9.64 Å². The first-order valence-corrected chi connectivity index (χ1v) is 5.82. The fourth-order valence-electron chi connectivity index (χ4n) is 2.62. The predicted molar refractivity (Wildman–Crippen MR) is 55.5 cm³/mol. The van der Waals surface area contributed by atoms with Gasteiger partial charge in [0.05, 0.1) is 18.8 Å². The molecular formula is C11H19F2NO2. The summed E-state index contributed by atoms with van der Waals surface area (Å²) < 4.78 is 34.5. The minimum absolute atomic E-state index is 0.0240. The molecule has 0 saturated carbocycles. The molecule has 0 N–H and O–H groups in total. The maximum absolute atomic E-state index is 12.1. The molecule has 2 rings (SSSR count). The quantitative estimate of drug-likeness (QED) is 0.726. The van der Waals surface area contributed by atoms with Crippen LogP contribution in [0.4, 0.5) is 8.78 Å². The summed E-state index contributed by atoms with van der Waals surface area (Å²) in [7, 11) is 0. The van der Waals surface area contributed by atoms with Crippen LogP contribution in [0.1, 0.15) is 26.7 Å². The van der Waals surface area contributed by atoms with Crippen LogP contribution in [-0.4, -0.2) is 49.0 Å². The normalized spacial score (nSPS) is 34.5. The Morgan fingerprint density at radius 1 is 1.44 bits per heavy atom. The maximum Gasteiger partial charge on any atom is 0.345 e. The summed E-state index contributed by atoms with van der Waals surface area (Å²) in [5.41, 5.74) is -0.0240. The van der Waals surface area contributed by atoms with Crippen LogP contribution in [0.2, 0.25) is 0 Å². The van der Waals surface area contributed by atoms with Crippen LogP contribution >= 0.6 is 0 Å². The van der Waals surface area contributed by atoms with Crippen LogP contribution < -0.4 is 0 Å². The van der Waals surface area contributed by atoms with Gasteiger partial charge >= 0.3 is 6.61 Å².